The molecule has 0 N–H and O–H groups in total. The van der Waals surface area contributed by atoms with E-state index in [2.05, 4.69) is 163 Å². The average Bonchev–Trinajstić information content (AvgIpc) is 2.95. The Balaban J connectivity index is 1.90. The van der Waals surface area contributed by atoms with Crippen LogP contribution in [-0.4, -0.2) is 16.1 Å². The summed E-state index contributed by atoms with van der Waals surface area (Å²) in [5.41, 5.74) is 1.30. The fourth-order valence-corrected chi connectivity index (χ4v) is 24.3. The summed E-state index contributed by atoms with van der Waals surface area (Å²) in [6.45, 7) is 15.4. The molecule has 0 radical (unpaired) electrons. The number of rotatable bonds is 6. The Kier molecular flexibility index (Phi) is 8.14. The smallest absolute Gasteiger partial charge is 0.0625 e. The van der Waals surface area contributed by atoms with Crippen LogP contribution in [0.3, 0.4) is 0 Å². The molecule has 1 aliphatic carbocycles. The summed E-state index contributed by atoms with van der Waals surface area (Å²) in [6, 6.07) is 47.1. The summed E-state index contributed by atoms with van der Waals surface area (Å²) in [6.07, 6.45) is 5.32. The lowest BCUT2D eigenvalue weighted by atomic mass is 9.99. The minimum absolute atomic E-state index is 0.154. The fraction of sp³-hybridized carbons (Fsp3) is 0.368. The van der Waals surface area contributed by atoms with E-state index in [1.165, 1.54) is 25.7 Å². The van der Waals surface area contributed by atoms with Crippen molar-refractivity contribution in [1.82, 2.24) is 0 Å². The van der Waals surface area contributed by atoms with Gasteiger partial charge in [0.1, 0.15) is 16.1 Å². The van der Waals surface area contributed by atoms with Gasteiger partial charge in [0.15, 0.2) is 0 Å². The van der Waals surface area contributed by atoms with E-state index in [1.54, 1.807) is 20.7 Å². The monoisotopic (exact) mass is 560 g/mol. The highest BCUT2D eigenvalue weighted by molar-refractivity contribution is 7.10. The van der Waals surface area contributed by atoms with Crippen LogP contribution in [-0.2, 0) is 0 Å². The molecule has 0 amide bonds. The molecule has 2 atom stereocenters. The van der Waals surface area contributed by atoms with Crippen molar-refractivity contribution < 1.29 is 0 Å². The summed E-state index contributed by atoms with van der Waals surface area (Å²) in [4.78, 5) is 0. The number of hydrogen-bond acceptors (Lipinski definition) is 0. The molecule has 0 aliphatic heterocycles. The lowest BCUT2D eigenvalue weighted by Gasteiger charge is -2.60. The van der Waals surface area contributed by atoms with Gasteiger partial charge >= 0.3 is 0 Å². The van der Waals surface area contributed by atoms with E-state index in [0.29, 0.717) is 11.1 Å². The third kappa shape index (κ3) is 4.67. The van der Waals surface area contributed by atoms with Gasteiger partial charge in [-0.3, -0.25) is 0 Å². The van der Waals surface area contributed by atoms with Gasteiger partial charge in [-0.2, -0.15) is 0 Å². The van der Waals surface area contributed by atoms with E-state index in [4.69, 9.17) is 0 Å². The van der Waals surface area contributed by atoms with Crippen LogP contribution in [0.4, 0.5) is 0 Å². The van der Waals surface area contributed by atoms with Crippen molar-refractivity contribution in [3.63, 3.8) is 0 Å². The summed E-state index contributed by atoms with van der Waals surface area (Å²) in [5.74, 6) is 0. The predicted octanol–water partition coefficient (Wildman–Crippen LogP) is 8.43. The Bertz CT molecular complexity index is 1160. The predicted molar refractivity (Wildman–Crippen MR) is 181 cm³/mol. The summed E-state index contributed by atoms with van der Waals surface area (Å²) in [5, 5.41) is 6.77. The minimum atomic E-state index is -2.33. The summed E-state index contributed by atoms with van der Waals surface area (Å²) >= 11 is 0. The van der Waals surface area contributed by atoms with Gasteiger partial charge in [-0.1, -0.05) is 209 Å². The van der Waals surface area contributed by atoms with Crippen LogP contribution in [0, 0.1) is 0 Å². The van der Waals surface area contributed by atoms with E-state index in [0.717, 1.165) is 0 Å². The van der Waals surface area contributed by atoms with Crippen molar-refractivity contribution in [3.8, 4) is 0 Å². The summed E-state index contributed by atoms with van der Waals surface area (Å²) in [7, 11) is -4.66. The Morgan fingerprint density at radius 3 is 0.825 bits per heavy atom. The third-order valence-electron chi connectivity index (χ3n) is 10.2. The average molecular weight is 561 g/mol. The Hall–Kier alpha value is -2.69. The van der Waals surface area contributed by atoms with E-state index < -0.39 is 16.1 Å². The zero-order valence-corrected chi connectivity index (χ0v) is 27.5. The van der Waals surface area contributed by atoms with Crippen LogP contribution in [0.15, 0.2) is 121 Å². The van der Waals surface area contributed by atoms with Crippen molar-refractivity contribution in [1.29, 1.82) is 0 Å². The molecule has 1 aliphatic rings. The highest BCUT2D eigenvalue weighted by atomic mass is 28.3. The third-order valence-corrected chi connectivity index (χ3v) is 23.8. The second-order valence-electron chi connectivity index (χ2n) is 14.1. The topological polar surface area (TPSA) is 0 Å². The molecule has 0 nitrogen and oxygen atoms in total. The molecule has 0 spiro atoms. The summed E-state index contributed by atoms with van der Waals surface area (Å²) < 4.78 is 0. The lowest BCUT2D eigenvalue weighted by molar-refractivity contribution is 0.465. The van der Waals surface area contributed by atoms with Crippen molar-refractivity contribution in [3.05, 3.63) is 121 Å². The van der Waals surface area contributed by atoms with Crippen molar-refractivity contribution in [2.24, 2.45) is 0 Å². The van der Waals surface area contributed by atoms with Gasteiger partial charge < -0.3 is 0 Å². The van der Waals surface area contributed by atoms with Crippen molar-refractivity contribution >= 4 is 36.9 Å². The van der Waals surface area contributed by atoms with E-state index in [-0.39, 0.29) is 10.1 Å². The quantitative estimate of drug-likeness (QED) is 0.208. The second-order valence-corrected chi connectivity index (χ2v) is 24.1. The molecule has 0 heterocycles. The normalized spacial score (nSPS) is 18.9. The largest absolute Gasteiger partial charge is 0.126 e. The molecule has 208 valence electrons. The zero-order chi connectivity index (χ0) is 28.4. The first-order chi connectivity index (χ1) is 19.1. The molecular formula is C38H48Si2. The lowest BCUT2D eigenvalue weighted by Crippen LogP contribution is -2.74. The number of benzene rings is 4. The molecule has 1 fully saturated rings. The molecule has 0 unspecified atom stereocenters. The van der Waals surface area contributed by atoms with Crippen molar-refractivity contribution in [2.75, 3.05) is 0 Å². The molecule has 0 bridgehead atoms. The van der Waals surface area contributed by atoms with Crippen LogP contribution < -0.4 is 20.7 Å². The molecule has 4 aromatic rings. The molecule has 4 aromatic carbocycles. The van der Waals surface area contributed by atoms with E-state index >= 15 is 0 Å². The van der Waals surface area contributed by atoms with E-state index in [9.17, 15) is 0 Å². The van der Waals surface area contributed by atoms with Gasteiger partial charge in [0.25, 0.3) is 0 Å². The maximum Gasteiger partial charge on any atom is 0.126 e. The molecule has 0 saturated heterocycles. The van der Waals surface area contributed by atoms with Gasteiger partial charge in [0, 0.05) is 0 Å². The molecule has 1 saturated carbocycles. The molecule has 2 heteroatoms. The van der Waals surface area contributed by atoms with Gasteiger partial charge in [0.05, 0.1) is 0 Å². The SMILES string of the molecule is CC(C)(C)[Si](c1ccccc1)(c1ccccc1)[C@H]1CCCC[C@@H]1[Si](c1ccccc1)(c1ccccc1)C(C)(C)C. The van der Waals surface area contributed by atoms with Crippen LogP contribution in [0.1, 0.15) is 67.2 Å². The minimum Gasteiger partial charge on any atom is -0.0625 e. The van der Waals surface area contributed by atoms with Crippen LogP contribution in [0.5, 0.6) is 0 Å². The van der Waals surface area contributed by atoms with E-state index in [1.807, 2.05) is 0 Å². The first-order valence-electron chi connectivity index (χ1n) is 15.4. The van der Waals surface area contributed by atoms with Gasteiger partial charge in [-0.05, 0) is 21.2 Å². The van der Waals surface area contributed by atoms with Crippen molar-refractivity contribution in [2.45, 2.75) is 88.4 Å². The first kappa shape index (κ1) is 28.8. The van der Waals surface area contributed by atoms with Crippen LogP contribution in [0.25, 0.3) is 0 Å². The Morgan fingerprint density at radius 1 is 0.400 bits per heavy atom. The molecule has 40 heavy (non-hydrogen) atoms. The molecule has 5 rings (SSSR count). The Morgan fingerprint density at radius 2 is 0.625 bits per heavy atom. The van der Waals surface area contributed by atoms with Gasteiger partial charge in [-0.25, -0.2) is 0 Å². The number of hydrogen-bond donors (Lipinski definition) is 0. The molecule has 0 aromatic heterocycles. The zero-order valence-electron chi connectivity index (χ0n) is 25.5. The standard InChI is InChI=1S/C38H48Si2/c1-37(2,3)39(31-21-11-7-12-22-31,32-23-13-8-14-24-32)35-29-19-20-30-36(35)40(38(4,5)6,33-25-15-9-16-26-33)34-27-17-10-18-28-34/h7-18,21-28,35-36H,19-20,29-30H2,1-6H3/t35-,36-/m0/s1. The van der Waals surface area contributed by atoms with Crippen LogP contribution in [0.2, 0.25) is 21.2 Å². The maximum absolute atomic E-state index is 2.57. The van der Waals surface area contributed by atoms with Crippen LogP contribution >= 0.6 is 0 Å². The highest BCUT2D eigenvalue weighted by Crippen LogP contribution is 2.60. The molecular weight excluding hydrogens is 513 g/mol. The van der Waals surface area contributed by atoms with Gasteiger partial charge in [-0.15, -0.1) is 0 Å². The fourth-order valence-electron chi connectivity index (χ4n) is 9.01. The Labute approximate surface area is 245 Å². The highest BCUT2D eigenvalue weighted by Gasteiger charge is 2.62. The second kappa shape index (κ2) is 11.3. The van der Waals surface area contributed by atoms with Gasteiger partial charge in [0.2, 0.25) is 0 Å². The maximum atomic E-state index is 2.57. The first-order valence-corrected chi connectivity index (χ1v) is 19.5.